The molecular formula is C25H26F3NO4. The minimum absolute atomic E-state index is 0.0154. The van der Waals surface area contributed by atoms with Crippen LogP contribution in [0.5, 0.6) is 0 Å². The van der Waals surface area contributed by atoms with Crippen LogP contribution in [0.25, 0.3) is 0 Å². The summed E-state index contributed by atoms with van der Waals surface area (Å²) >= 11 is 0. The fourth-order valence-corrected chi connectivity index (χ4v) is 5.14. The third-order valence-corrected chi connectivity index (χ3v) is 7.28. The number of benzene rings is 2. The molecule has 0 radical (unpaired) electrons. The minimum atomic E-state index is -4.91. The van der Waals surface area contributed by atoms with E-state index in [1.807, 2.05) is 34.6 Å². The predicted octanol–water partition coefficient (Wildman–Crippen LogP) is 5.47. The fourth-order valence-electron chi connectivity index (χ4n) is 5.14. The summed E-state index contributed by atoms with van der Waals surface area (Å²) in [5, 5.41) is 2.34. The van der Waals surface area contributed by atoms with Crippen molar-refractivity contribution in [2.24, 2.45) is 0 Å². The van der Waals surface area contributed by atoms with Gasteiger partial charge in [0, 0.05) is 17.7 Å². The number of amides is 1. The van der Waals surface area contributed by atoms with E-state index >= 15 is 0 Å². The van der Waals surface area contributed by atoms with E-state index in [1.165, 1.54) is 18.2 Å². The number of rotatable bonds is 3. The molecule has 2 aromatic carbocycles. The highest BCUT2D eigenvalue weighted by atomic mass is 19.4. The van der Waals surface area contributed by atoms with Gasteiger partial charge in [0.25, 0.3) is 5.91 Å². The minimum Gasteiger partial charge on any atom is -0.457 e. The lowest BCUT2D eigenvalue weighted by molar-refractivity contribution is -0.365. The molecule has 0 spiro atoms. The molecule has 1 amide bonds. The molecular weight excluding hydrogens is 435 g/mol. The van der Waals surface area contributed by atoms with E-state index in [-0.39, 0.29) is 12.3 Å². The normalized spacial score (nSPS) is 24.2. The molecule has 33 heavy (non-hydrogen) atoms. The number of alkyl halides is 3. The standard InChI is InChI=1S/C25H26F3NO4/c1-12-13(2)15(4)20(16(5)14(12)3)23(6)11-24(33-23,25(26,27)28)22(31)29-18-7-8-19-17(9-18)10-32-21(19)30/h7-9H,10-11H2,1-6H3,(H,29,31). The predicted molar refractivity (Wildman–Crippen MR) is 116 cm³/mol. The third kappa shape index (κ3) is 3.34. The van der Waals surface area contributed by atoms with Crippen molar-refractivity contribution in [3.63, 3.8) is 0 Å². The average Bonchev–Trinajstić information content (AvgIpc) is 3.08. The highest BCUT2D eigenvalue weighted by Crippen LogP contribution is 2.57. The first-order valence-electron chi connectivity index (χ1n) is 10.7. The summed E-state index contributed by atoms with van der Waals surface area (Å²) in [6.45, 7) is 11.2. The maximum absolute atomic E-state index is 14.2. The average molecular weight is 461 g/mol. The molecule has 2 aliphatic rings. The Hall–Kier alpha value is -2.87. The van der Waals surface area contributed by atoms with Gasteiger partial charge < -0.3 is 14.8 Å². The van der Waals surface area contributed by atoms with Gasteiger partial charge in [-0.3, -0.25) is 4.79 Å². The van der Waals surface area contributed by atoms with Crippen molar-refractivity contribution in [3.05, 3.63) is 62.7 Å². The van der Waals surface area contributed by atoms with Gasteiger partial charge in [0.1, 0.15) is 6.61 Å². The third-order valence-electron chi connectivity index (χ3n) is 7.28. The van der Waals surface area contributed by atoms with Gasteiger partial charge in [-0.15, -0.1) is 0 Å². The molecule has 0 saturated carbocycles. The van der Waals surface area contributed by atoms with E-state index in [0.717, 1.165) is 27.8 Å². The number of esters is 1. The first-order valence-corrected chi connectivity index (χ1v) is 10.7. The van der Waals surface area contributed by atoms with Crippen molar-refractivity contribution in [2.75, 3.05) is 5.32 Å². The molecule has 2 atom stereocenters. The van der Waals surface area contributed by atoms with Crippen LogP contribution in [0.4, 0.5) is 18.9 Å². The highest BCUT2D eigenvalue weighted by molar-refractivity contribution is 6.00. The Morgan fingerprint density at radius 3 is 2.09 bits per heavy atom. The summed E-state index contributed by atoms with van der Waals surface area (Å²) in [5.74, 6) is -1.78. The van der Waals surface area contributed by atoms with Gasteiger partial charge in [-0.1, -0.05) is 0 Å². The molecule has 0 aromatic heterocycles. The van der Waals surface area contributed by atoms with Crippen LogP contribution >= 0.6 is 0 Å². The molecule has 2 heterocycles. The molecule has 4 rings (SSSR count). The summed E-state index contributed by atoms with van der Waals surface area (Å²) < 4.78 is 53.1. The van der Waals surface area contributed by atoms with Crippen LogP contribution in [-0.2, 0) is 26.5 Å². The number of cyclic esters (lactones) is 1. The van der Waals surface area contributed by atoms with Crippen molar-refractivity contribution in [3.8, 4) is 0 Å². The van der Waals surface area contributed by atoms with Crippen LogP contribution in [-0.4, -0.2) is 23.7 Å². The van der Waals surface area contributed by atoms with E-state index in [9.17, 15) is 22.8 Å². The van der Waals surface area contributed by atoms with Crippen LogP contribution in [0, 0.1) is 34.6 Å². The number of hydrogen-bond acceptors (Lipinski definition) is 4. The van der Waals surface area contributed by atoms with Gasteiger partial charge >= 0.3 is 12.1 Å². The number of carbonyl (C=O) groups excluding carboxylic acids is 2. The number of halogens is 3. The smallest absolute Gasteiger partial charge is 0.426 e. The maximum Gasteiger partial charge on any atom is 0.426 e. The van der Waals surface area contributed by atoms with Crippen molar-refractivity contribution in [2.45, 2.75) is 71.9 Å². The lowest BCUT2D eigenvalue weighted by Gasteiger charge is -2.54. The van der Waals surface area contributed by atoms with Crippen molar-refractivity contribution in [1.82, 2.24) is 0 Å². The van der Waals surface area contributed by atoms with Gasteiger partial charge in [0.05, 0.1) is 11.2 Å². The number of carbonyl (C=O) groups is 2. The van der Waals surface area contributed by atoms with Crippen LogP contribution < -0.4 is 5.32 Å². The quantitative estimate of drug-likeness (QED) is 0.616. The second-order valence-electron chi connectivity index (χ2n) is 9.24. The number of ether oxygens (including phenoxy) is 2. The summed E-state index contributed by atoms with van der Waals surface area (Å²) in [7, 11) is 0. The number of anilines is 1. The van der Waals surface area contributed by atoms with Crippen molar-refractivity contribution < 1.29 is 32.2 Å². The molecule has 1 saturated heterocycles. The first-order chi connectivity index (χ1) is 15.2. The Balaban J connectivity index is 1.67. The van der Waals surface area contributed by atoms with E-state index in [4.69, 9.17) is 9.47 Å². The molecule has 2 unspecified atom stereocenters. The number of nitrogens with one attached hydrogen (secondary N) is 1. The van der Waals surface area contributed by atoms with E-state index in [0.29, 0.717) is 16.7 Å². The van der Waals surface area contributed by atoms with Gasteiger partial charge in [0.2, 0.25) is 5.60 Å². The van der Waals surface area contributed by atoms with Crippen LogP contribution in [0.2, 0.25) is 0 Å². The first kappa shape index (κ1) is 23.3. The van der Waals surface area contributed by atoms with E-state index < -0.39 is 35.7 Å². The van der Waals surface area contributed by atoms with Gasteiger partial charge in [-0.05, 0) is 93.1 Å². The van der Waals surface area contributed by atoms with Gasteiger partial charge in [-0.2, -0.15) is 13.2 Å². The molecule has 176 valence electrons. The zero-order chi connectivity index (χ0) is 24.5. The zero-order valence-corrected chi connectivity index (χ0v) is 19.4. The van der Waals surface area contributed by atoms with E-state index in [2.05, 4.69) is 5.32 Å². The second-order valence-corrected chi connectivity index (χ2v) is 9.24. The lowest BCUT2D eigenvalue weighted by Crippen LogP contribution is -2.70. The molecule has 2 aromatic rings. The second kappa shape index (κ2) is 7.32. The topological polar surface area (TPSA) is 64.6 Å². The summed E-state index contributed by atoms with van der Waals surface area (Å²) in [4.78, 5) is 24.5. The van der Waals surface area contributed by atoms with E-state index in [1.54, 1.807) is 6.92 Å². The fraction of sp³-hybridized carbons (Fsp3) is 0.440. The zero-order valence-electron chi connectivity index (χ0n) is 19.4. The lowest BCUT2D eigenvalue weighted by atomic mass is 9.71. The van der Waals surface area contributed by atoms with Crippen LogP contribution in [0.15, 0.2) is 18.2 Å². The monoisotopic (exact) mass is 461 g/mol. The van der Waals surface area contributed by atoms with Crippen molar-refractivity contribution in [1.29, 1.82) is 0 Å². The van der Waals surface area contributed by atoms with Crippen LogP contribution in [0.1, 0.15) is 62.6 Å². The SMILES string of the molecule is Cc1c(C)c(C)c(C2(C)CC(C(=O)Nc3ccc4c(c3)COC4=O)(C(F)(F)F)O2)c(C)c1C. The summed E-state index contributed by atoms with van der Waals surface area (Å²) in [5.41, 5.74) is 2.30. The molecule has 0 aliphatic carbocycles. The molecule has 0 bridgehead atoms. The number of fused-ring (bicyclic) bond motifs is 1. The Kier molecular flexibility index (Phi) is 5.16. The van der Waals surface area contributed by atoms with Crippen molar-refractivity contribution >= 4 is 17.6 Å². The van der Waals surface area contributed by atoms with Gasteiger partial charge in [0.15, 0.2) is 0 Å². The summed E-state index contributed by atoms with van der Waals surface area (Å²) in [6.07, 6.45) is -5.45. The molecule has 8 heteroatoms. The largest absolute Gasteiger partial charge is 0.457 e. The Bertz CT molecular complexity index is 1160. The highest BCUT2D eigenvalue weighted by Gasteiger charge is 2.73. The molecule has 5 nitrogen and oxygen atoms in total. The molecule has 1 fully saturated rings. The Morgan fingerprint density at radius 2 is 1.55 bits per heavy atom. The summed E-state index contributed by atoms with van der Waals surface area (Å²) in [6, 6.07) is 4.25. The van der Waals surface area contributed by atoms with Gasteiger partial charge in [-0.25, -0.2) is 4.79 Å². The maximum atomic E-state index is 14.2. The Morgan fingerprint density at radius 1 is 1.00 bits per heavy atom. The van der Waals surface area contributed by atoms with Crippen LogP contribution in [0.3, 0.4) is 0 Å². The molecule has 2 aliphatic heterocycles. The molecule has 1 N–H and O–H groups in total. The number of hydrogen-bond donors (Lipinski definition) is 1. The Labute approximate surface area is 190 Å².